The first-order chi connectivity index (χ1) is 13.1. The Labute approximate surface area is 160 Å². The van der Waals surface area contributed by atoms with Gasteiger partial charge >= 0.3 is 0 Å². The maximum atomic E-state index is 12.6. The van der Waals surface area contributed by atoms with E-state index >= 15 is 0 Å². The molecule has 0 saturated carbocycles. The van der Waals surface area contributed by atoms with Gasteiger partial charge in [-0.05, 0) is 49.1 Å². The first-order valence-electron chi connectivity index (χ1n) is 9.38. The zero-order chi connectivity index (χ0) is 19.2. The van der Waals surface area contributed by atoms with Crippen molar-refractivity contribution in [1.29, 1.82) is 0 Å². The topological polar surface area (TPSA) is 58.6 Å². The van der Waals surface area contributed by atoms with Crippen LogP contribution in [-0.4, -0.2) is 36.9 Å². The number of nitrogens with zero attached hydrogens (tertiary/aromatic N) is 1. The number of para-hydroxylation sites is 1. The number of carbonyl (C=O) groups excluding carboxylic acids is 2. The minimum atomic E-state index is -0.174. The van der Waals surface area contributed by atoms with E-state index in [1.165, 1.54) is 0 Å². The minimum absolute atomic E-state index is 0.0443. The van der Waals surface area contributed by atoms with E-state index in [4.69, 9.17) is 4.74 Å². The highest BCUT2D eigenvalue weighted by molar-refractivity contribution is 5.97. The smallest absolute Gasteiger partial charge is 0.253 e. The predicted octanol–water partition coefficient (Wildman–Crippen LogP) is 3.50. The number of likely N-dealkylation sites (tertiary alicyclic amines) is 1. The lowest BCUT2D eigenvalue weighted by atomic mass is 9.98. The van der Waals surface area contributed by atoms with Crippen molar-refractivity contribution in [1.82, 2.24) is 10.2 Å². The summed E-state index contributed by atoms with van der Waals surface area (Å²) in [6.45, 7) is 4.22. The highest BCUT2D eigenvalue weighted by Gasteiger charge is 2.21. The molecule has 1 fully saturated rings. The number of carbonyl (C=O) groups is 2. The molecule has 1 aliphatic heterocycles. The van der Waals surface area contributed by atoms with Gasteiger partial charge in [-0.2, -0.15) is 0 Å². The third kappa shape index (κ3) is 4.67. The zero-order valence-corrected chi connectivity index (χ0v) is 15.9. The second kappa shape index (κ2) is 8.71. The van der Waals surface area contributed by atoms with E-state index in [2.05, 4.69) is 12.2 Å². The van der Waals surface area contributed by atoms with Gasteiger partial charge in [0.25, 0.3) is 11.8 Å². The lowest BCUT2D eigenvalue weighted by Crippen LogP contribution is -2.37. The molecule has 142 valence electrons. The molecule has 5 heteroatoms. The molecule has 0 bridgehead atoms. The first kappa shape index (κ1) is 19.0. The summed E-state index contributed by atoms with van der Waals surface area (Å²) in [5.41, 5.74) is 2.08. The first-order valence-corrected chi connectivity index (χ1v) is 9.38. The van der Waals surface area contributed by atoms with Gasteiger partial charge in [0.2, 0.25) is 0 Å². The molecule has 0 spiro atoms. The Bertz CT molecular complexity index is 793. The molecule has 2 aromatic rings. The number of nitrogens with one attached hydrogen (secondary N) is 1. The van der Waals surface area contributed by atoms with Gasteiger partial charge in [0.1, 0.15) is 5.75 Å². The highest BCUT2D eigenvalue weighted by Crippen LogP contribution is 2.19. The monoisotopic (exact) mass is 366 g/mol. The fourth-order valence-corrected chi connectivity index (χ4v) is 3.29. The Morgan fingerprint density at radius 1 is 1.04 bits per heavy atom. The summed E-state index contributed by atoms with van der Waals surface area (Å²) in [5.74, 6) is 1.30. The van der Waals surface area contributed by atoms with Crippen molar-refractivity contribution in [3.05, 3.63) is 65.2 Å². The summed E-state index contributed by atoms with van der Waals surface area (Å²) in [4.78, 5) is 26.9. The van der Waals surface area contributed by atoms with Crippen LogP contribution in [0, 0.1) is 5.92 Å². The fraction of sp³-hybridized carbons (Fsp3) is 0.364. The largest absolute Gasteiger partial charge is 0.496 e. The van der Waals surface area contributed by atoms with Crippen LogP contribution in [0.15, 0.2) is 48.5 Å². The van der Waals surface area contributed by atoms with Crippen LogP contribution in [0.4, 0.5) is 0 Å². The zero-order valence-electron chi connectivity index (χ0n) is 15.9. The molecule has 27 heavy (non-hydrogen) atoms. The van der Waals surface area contributed by atoms with Gasteiger partial charge < -0.3 is 15.0 Å². The molecule has 5 nitrogen and oxygen atoms in total. The number of hydrogen-bond acceptors (Lipinski definition) is 3. The number of ether oxygens (including phenoxy) is 1. The van der Waals surface area contributed by atoms with Gasteiger partial charge in [0, 0.05) is 36.3 Å². The quantitative estimate of drug-likeness (QED) is 0.881. The third-order valence-corrected chi connectivity index (χ3v) is 5.10. The Balaban J connectivity index is 1.59. The number of rotatable bonds is 5. The van der Waals surface area contributed by atoms with Gasteiger partial charge in [0.15, 0.2) is 0 Å². The molecule has 3 rings (SSSR count). The second-order valence-corrected chi connectivity index (χ2v) is 7.05. The van der Waals surface area contributed by atoms with Gasteiger partial charge in [-0.25, -0.2) is 0 Å². The lowest BCUT2D eigenvalue weighted by molar-refractivity contribution is 0.0696. The van der Waals surface area contributed by atoms with E-state index in [0.717, 1.165) is 37.2 Å². The van der Waals surface area contributed by atoms with Gasteiger partial charge in [-0.1, -0.05) is 25.1 Å². The van der Waals surface area contributed by atoms with Gasteiger partial charge in [-0.15, -0.1) is 0 Å². The van der Waals surface area contributed by atoms with Crippen molar-refractivity contribution in [2.45, 2.75) is 26.3 Å². The molecule has 0 aliphatic carbocycles. The fourth-order valence-electron chi connectivity index (χ4n) is 3.29. The van der Waals surface area contributed by atoms with Crippen molar-refractivity contribution in [2.24, 2.45) is 5.92 Å². The molecule has 0 atom stereocenters. The lowest BCUT2D eigenvalue weighted by Gasteiger charge is -2.30. The Hall–Kier alpha value is -2.82. The van der Waals surface area contributed by atoms with E-state index in [-0.39, 0.29) is 11.8 Å². The summed E-state index contributed by atoms with van der Waals surface area (Å²) < 4.78 is 5.30. The Morgan fingerprint density at radius 3 is 2.33 bits per heavy atom. The Kier molecular flexibility index (Phi) is 6.12. The molecule has 2 amide bonds. The van der Waals surface area contributed by atoms with Gasteiger partial charge in [-0.3, -0.25) is 9.59 Å². The van der Waals surface area contributed by atoms with Crippen molar-refractivity contribution < 1.29 is 14.3 Å². The minimum Gasteiger partial charge on any atom is -0.496 e. The van der Waals surface area contributed by atoms with Crippen molar-refractivity contribution in [2.75, 3.05) is 20.2 Å². The van der Waals surface area contributed by atoms with Crippen LogP contribution in [0.2, 0.25) is 0 Å². The molecule has 1 saturated heterocycles. The van der Waals surface area contributed by atoms with Crippen LogP contribution in [0.5, 0.6) is 5.75 Å². The van der Waals surface area contributed by atoms with Crippen LogP contribution < -0.4 is 10.1 Å². The molecule has 0 aromatic heterocycles. The molecule has 2 aromatic carbocycles. The molecule has 1 heterocycles. The average molecular weight is 366 g/mol. The van der Waals surface area contributed by atoms with Crippen LogP contribution in [0.3, 0.4) is 0 Å². The maximum absolute atomic E-state index is 12.6. The SMILES string of the molecule is COc1ccccc1CNC(=O)c1ccc(C(=O)N2CCC(C)CC2)cc1. The Morgan fingerprint density at radius 2 is 1.67 bits per heavy atom. The highest BCUT2D eigenvalue weighted by atomic mass is 16.5. The standard InChI is InChI=1S/C22H26N2O3/c1-16-11-13-24(14-12-16)22(26)18-9-7-17(8-10-18)21(25)23-15-19-5-3-4-6-20(19)27-2/h3-10,16H,11-15H2,1-2H3,(H,23,25). The van der Waals surface area contributed by atoms with Gasteiger partial charge in [0.05, 0.1) is 7.11 Å². The summed E-state index contributed by atoms with van der Waals surface area (Å²) in [7, 11) is 1.61. The van der Waals surface area contributed by atoms with Crippen LogP contribution in [-0.2, 0) is 6.54 Å². The normalized spacial score (nSPS) is 14.7. The van der Waals surface area contributed by atoms with E-state index in [9.17, 15) is 9.59 Å². The average Bonchev–Trinajstić information content (AvgIpc) is 2.72. The van der Waals surface area contributed by atoms with E-state index in [0.29, 0.717) is 23.6 Å². The molecule has 1 aliphatic rings. The van der Waals surface area contributed by atoms with Crippen molar-refractivity contribution in [3.8, 4) is 5.75 Å². The summed E-state index contributed by atoms with van der Waals surface area (Å²) in [5, 5.41) is 2.89. The van der Waals surface area contributed by atoms with Crippen molar-refractivity contribution >= 4 is 11.8 Å². The van der Waals surface area contributed by atoms with E-state index < -0.39 is 0 Å². The number of benzene rings is 2. The molecular formula is C22H26N2O3. The van der Waals surface area contributed by atoms with E-state index in [1.807, 2.05) is 29.2 Å². The summed E-state index contributed by atoms with van der Waals surface area (Å²) >= 11 is 0. The van der Waals surface area contributed by atoms with Crippen LogP contribution in [0.25, 0.3) is 0 Å². The molecular weight excluding hydrogens is 340 g/mol. The molecule has 0 radical (unpaired) electrons. The number of hydrogen-bond donors (Lipinski definition) is 1. The number of methoxy groups -OCH3 is 1. The van der Waals surface area contributed by atoms with Crippen molar-refractivity contribution in [3.63, 3.8) is 0 Å². The van der Waals surface area contributed by atoms with E-state index in [1.54, 1.807) is 31.4 Å². The third-order valence-electron chi connectivity index (χ3n) is 5.10. The molecule has 0 unspecified atom stereocenters. The summed E-state index contributed by atoms with van der Waals surface area (Å²) in [6.07, 6.45) is 2.10. The predicted molar refractivity (Wildman–Crippen MR) is 105 cm³/mol. The number of piperidine rings is 1. The van der Waals surface area contributed by atoms with Crippen LogP contribution in [0.1, 0.15) is 46.0 Å². The van der Waals surface area contributed by atoms with Crippen LogP contribution >= 0.6 is 0 Å². The summed E-state index contributed by atoms with van der Waals surface area (Å²) in [6, 6.07) is 14.5. The second-order valence-electron chi connectivity index (χ2n) is 7.05. The number of amides is 2. The maximum Gasteiger partial charge on any atom is 0.253 e. The molecule has 1 N–H and O–H groups in total.